The van der Waals surface area contributed by atoms with Crippen LogP contribution in [0.25, 0.3) is 11.1 Å². The first-order valence-electron chi connectivity index (χ1n) is 16.1. The van der Waals surface area contributed by atoms with Crippen molar-refractivity contribution >= 4 is 28.8 Å². The number of likely N-dealkylation sites (N-methyl/N-ethyl adjacent to an activating group) is 1. The Balaban J connectivity index is 1.42. The van der Waals surface area contributed by atoms with E-state index in [4.69, 9.17) is 0 Å². The van der Waals surface area contributed by atoms with E-state index in [1.165, 1.54) is 11.3 Å². The number of amides is 2. The van der Waals surface area contributed by atoms with Crippen molar-refractivity contribution in [3.05, 3.63) is 136 Å². The molecule has 5 aromatic rings. The molecule has 9 heteroatoms. The van der Waals surface area contributed by atoms with E-state index in [1.54, 1.807) is 30.3 Å². The Kier molecular flexibility index (Phi) is 11.4. The van der Waals surface area contributed by atoms with Crippen molar-refractivity contribution in [2.24, 2.45) is 0 Å². The third-order valence-electron chi connectivity index (χ3n) is 8.33. The minimum absolute atomic E-state index is 0.214. The number of aliphatic hydroxyl groups excluding tert-OH is 1. The van der Waals surface area contributed by atoms with E-state index in [9.17, 15) is 14.7 Å². The first kappa shape index (κ1) is 34.5. The zero-order chi connectivity index (χ0) is 34.2. The van der Waals surface area contributed by atoms with E-state index in [0.29, 0.717) is 30.0 Å². The molecule has 0 bridgehead atoms. The Hall–Kier alpha value is -4.86. The molecular formula is C39H43N5O3S. The van der Waals surface area contributed by atoms with Crippen LogP contribution in [0.15, 0.2) is 103 Å². The van der Waals surface area contributed by atoms with Crippen LogP contribution in [0.4, 0.5) is 5.69 Å². The van der Waals surface area contributed by atoms with Crippen LogP contribution in [0.3, 0.4) is 0 Å². The SMILES string of the molecule is Cc1csc(CN(C)C(=O)c2cc(C(=O)N[C@@H](Cc3ccccc3)[C@H](O)CN(C)c3cncc(C(C)C)c3)cc(-c3ccccc3)c2)n1. The van der Waals surface area contributed by atoms with Gasteiger partial charge >= 0.3 is 0 Å². The van der Waals surface area contributed by atoms with Gasteiger partial charge in [-0.1, -0.05) is 74.5 Å². The molecule has 2 aromatic heterocycles. The van der Waals surface area contributed by atoms with Crippen LogP contribution in [-0.4, -0.2) is 64.6 Å². The van der Waals surface area contributed by atoms with E-state index in [0.717, 1.165) is 38.6 Å². The number of benzene rings is 3. The van der Waals surface area contributed by atoms with E-state index in [2.05, 4.69) is 35.2 Å². The quantitative estimate of drug-likeness (QED) is 0.145. The monoisotopic (exact) mass is 661 g/mol. The number of carbonyl (C=O) groups excluding carboxylic acids is 2. The van der Waals surface area contributed by atoms with Crippen molar-refractivity contribution in [3.63, 3.8) is 0 Å². The van der Waals surface area contributed by atoms with Gasteiger partial charge in [-0.3, -0.25) is 14.6 Å². The second-order valence-electron chi connectivity index (χ2n) is 12.6. The number of thiazole rings is 1. The summed E-state index contributed by atoms with van der Waals surface area (Å²) in [5.41, 5.74) is 6.28. The topological polar surface area (TPSA) is 98.7 Å². The largest absolute Gasteiger partial charge is 0.389 e. The van der Waals surface area contributed by atoms with Gasteiger partial charge in [-0.15, -0.1) is 11.3 Å². The van der Waals surface area contributed by atoms with Gasteiger partial charge in [-0.25, -0.2) is 4.98 Å². The molecule has 5 rings (SSSR count). The van der Waals surface area contributed by atoms with Crippen molar-refractivity contribution in [1.82, 2.24) is 20.2 Å². The zero-order valence-corrected chi connectivity index (χ0v) is 28.9. The van der Waals surface area contributed by atoms with Gasteiger partial charge in [0, 0.05) is 49.0 Å². The summed E-state index contributed by atoms with van der Waals surface area (Å²) in [6.45, 7) is 6.80. The molecule has 0 radical (unpaired) electrons. The third kappa shape index (κ3) is 8.93. The number of hydrogen-bond acceptors (Lipinski definition) is 7. The first-order chi connectivity index (χ1) is 23.1. The number of pyridine rings is 1. The average molecular weight is 662 g/mol. The number of aliphatic hydroxyl groups is 1. The molecule has 48 heavy (non-hydrogen) atoms. The van der Waals surface area contributed by atoms with Gasteiger partial charge in [-0.05, 0) is 65.8 Å². The highest BCUT2D eigenvalue weighted by Crippen LogP contribution is 2.25. The van der Waals surface area contributed by atoms with Gasteiger partial charge in [0.15, 0.2) is 0 Å². The molecule has 0 aliphatic rings. The molecule has 8 nitrogen and oxygen atoms in total. The lowest BCUT2D eigenvalue weighted by Gasteiger charge is -2.29. The summed E-state index contributed by atoms with van der Waals surface area (Å²) in [5.74, 6) is -0.263. The molecule has 0 aliphatic carbocycles. The van der Waals surface area contributed by atoms with Crippen LogP contribution in [0.1, 0.15) is 62.3 Å². The second kappa shape index (κ2) is 15.8. The molecule has 0 aliphatic heterocycles. The molecule has 0 unspecified atom stereocenters. The van der Waals surface area contributed by atoms with Gasteiger partial charge in [0.25, 0.3) is 11.8 Å². The highest BCUT2D eigenvalue weighted by Gasteiger charge is 2.26. The summed E-state index contributed by atoms with van der Waals surface area (Å²) in [5, 5.41) is 17.5. The molecule has 0 spiro atoms. The summed E-state index contributed by atoms with van der Waals surface area (Å²) in [6.07, 6.45) is 3.15. The van der Waals surface area contributed by atoms with Gasteiger partial charge in [0.2, 0.25) is 0 Å². The van der Waals surface area contributed by atoms with Crippen LogP contribution in [0, 0.1) is 6.92 Å². The Labute approximate surface area is 287 Å². The van der Waals surface area contributed by atoms with Gasteiger partial charge in [-0.2, -0.15) is 0 Å². The summed E-state index contributed by atoms with van der Waals surface area (Å²) in [6, 6.07) is 26.2. The summed E-state index contributed by atoms with van der Waals surface area (Å²) < 4.78 is 0. The smallest absolute Gasteiger partial charge is 0.254 e. The fraction of sp³-hybridized carbons (Fsp3) is 0.282. The Morgan fingerprint density at radius 1 is 0.896 bits per heavy atom. The number of nitrogens with zero attached hydrogens (tertiary/aromatic N) is 4. The molecule has 0 saturated carbocycles. The molecule has 2 heterocycles. The Morgan fingerprint density at radius 3 is 2.25 bits per heavy atom. The number of nitrogens with one attached hydrogen (secondary N) is 1. The molecule has 2 amide bonds. The van der Waals surface area contributed by atoms with E-state index in [-0.39, 0.29) is 18.4 Å². The number of carbonyl (C=O) groups is 2. The molecular weight excluding hydrogens is 619 g/mol. The van der Waals surface area contributed by atoms with E-state index >= 15 is 0 Å². The lowest BCUT2D eigenvalue weighted by molar-refractivity contribution is 0.0785. The van der Waals surface area contributed by atoms with Crippen LogP contribution in [0.5, 0.6) is 0 Å². The van der Waals surface area contributed by atoms with Gasteiger partial charge in [0.05, 0.1) is 30.6 Å². The number of aromatic nitrogens is 2. The average Bonchev–Trinajstić information content (AvgIpc) is 3.52. The minimum Gasteiger partial charge on any atom is -0.389 e. The Morgan fingerprint density at radius 2 is 1.58 bits per heavy atom. The maximum atomic E-state index is 14.1. The summed E-state index contributed by atoms with van der Waals surface area (Å²) in [4.78, 5) is 40.3. The molecule has 3 aromatic carbocycles. The fourth-order valence-corrected chi connectivity index (χ4v) is 6.36. The van der Waals surface area contributed by atoms with Crippen molar-refractivity contribution in [3.8, 4) is 11.1 Å². The molecule has 2 N–H and O–H groups in total. The number of rotatable bonds is 13. The van der Waals surface area contributed by atoms with Crippen LogP contribution in [-0.2, 0) is 13.0 Å². The van der Waals surface area contributed by atoms with Crippen molar-refractivity contribution in [1.29, 1.82) is 0 Å². The minimum atomic E-state index is -0.909. The highest BCUT2D eigenvalue weighted by atomic mass is 32.1. The standard InChI is InChI=1S/C39H43N5O3S/c1-26(2)33-20-34(22-40-21-33)43(4)23-36(45)35(16-28-12-8-6-9-13-28)42-38(46)31-17-30(29-14-10-7-11-15-29)18-32(19-31)39(47)44(5)24-37-41-27(3)25-48-37/h6-15,17-22,25-26,35-36,45H,16,23-24H2,1-5H3,(H,42,46)/t35-,36+/m0/s1. The summed E-state index contributed by atoms with van der Waals surface area (Å²) in [7, 11) is 3.65. The molecule has 2 atom stereocenters. The van der Waals surface area contributed by atoms with E-state index < -0.39 is 12.1 Å². The maximum Gasteiger partial charge on any atom is 0.254 e. The van der Waals surface area contributed by atoms with Gasteiger partial charge < -0.3 is 20.2 Å². The predicted octanol–water partition coefficient (Wildman–Crippen LogP) is 6.75. The van der Waals surface area contributed by atoms with Crippen LogP contribution >= 0.6 is 11.3 Å². The highest BCUT2D eigenvalue weighted by molar-refractivity contribution is 7.09. The lowest BCUT2D eigenvalue weighted by Crippen LogP contribution is -2.49. The van der Waals surface area contributed by atoms with Crippen molar-refractivity contribution in [2.75, 3.05) is 25.5 Å². The number of aryl methyl sites for hydroxylation is 1. The van der Waals surface area contributed by atoms with Crippen molar-refractivity contribution in [2.45, 2.75) is 51.8 Å². The lowest BCUT2D eigenvalue weighted by atomic mass is 9.97. The predicted molar refractivity (Wildman–Crippen MR) is 194 cm³/mol. The number of hydrogen-bond donors (Lipinski definition) is 2. The summed E-state index contributed by atoms with van der Waals surface area (Å²) >= 11 is 1.51. The zero-order valence-electron chi connectivity index (χ0n) is 28.1. The van der Waals surface area contributed by atoms with Crippen LogP contribution < -0.4 is 10.2 Å². The molecule has 0 fully saturated rings. The van der Waals surface area contributed by atoms with E-state index in [1.807, 2.05) is 97.2 Å². The number of anilines is 1. The Bertz CT molecular complexity index is 1830. The molecule has 248 valence electrons. The third-order valence-corrected chi connectivity index (χ3v) is 9.28. The van der Waals surface area contributed by atoms with Crippen LogP contribution in [0.2, 0.25) is 0 Å². The second-order valence-corrected chi connectivity index (χ2v) is 13.5. The first-order valence-corrected chi connectivity index (χ1v) is 17.0. The van der Waals surface area contributed by atoms with Crippen molar-refractivity contribution < 1.29 is 14.7 Å². The normalized spacial score (nSPS) is 12.4. The molecule has 0 saturated heterocycles. The fourth-order valence-electron chi connectivity index (χ4n) is 5.54. The maximum absolute atomic E-state index is 14.1. The van der Waals surface area contributed by atoms with Gasteiger partial charge in [0.1, 0.15) is 5.01 Å².